The normalized spacial score (nSPS) is 17.2. The third kappa shape index (κ3) is 1.15. The first kappa shape index (κ1) is 6.54. The molecular formula is C6H8N2P2. The zero-order valence-corrected chi connectivity index (χ0v) is 7.25. The van der Waals surface area contributed by atoms with Crippen LogP contribution < -0.4 is 10.6 Å². The second-order valence-electron chi connectivity index (χ2n) is 2.19. The van der Waals surface area contributed by atoms with Crippen LogP contribution >= 0.6 is 15.7 Å². The van der Waals surface area contributed by atoms with E-state index in [9.17, 15) is 0 Å². The molecule has 1 aromatic heterocycles. The van der Waals surface area contributed by atoms with Gasteiger partial charge in [-0.15, -0.1) is 0 Å². The third-order valence-corrected chi connectivity index (χ3v) is 3.89. The van der Waals surface area contributed by atoms with Crippen LogP contribution in [0.3, 0.4) is 0 Å². The second kappa shape index (κ2) is 2.84. The first-order valence-electron chi connectivity index (χ1n) is 3.22. The predicted molar refractivity (Wildman–Crippen MR) is 46.8 cm³/mol. The summed E-state index contributed by atoms with van der Waals surface area (Å²) in [6.07, 6.45) is 0. The number of nitrogens with one attached hydrogen (secondary N) is 2. The van der Waals surface area contributed by atoms with Crippen LogP contribution in [0.5, 0.6) is 0 Å². The van der Waals surface area contributed by atoms with Crippen LogP contribution in [-0.4, -0.2) is 6.67 Å². The zero-order chi connectivity index (χ0) is 6.81. The van der Waals surface area contributed by atoms with E-state index < -0.39 is 0 Å². The van der Waals surface area contributed by atoms with E-state index in [1.54, 1.807) is 0 Å². The first-order chi connectivity index (χ1) is 4.97. The van der Waals surface area contributed by atoms with Crippen molar-refractivity contribution in [1.82, 2.24) is 5.32 Å². The molecule has 52 valence electrons. The number of rotatable bonds is 0. The number of hydrogen-bond acceptors (Lipinski definition) is 2. The molecule has 0 unspecified atom stereocenters. The molecular weight excluding hydrogens is 162 g/mol. The maximum absolute atomic E-state index is 3.32. The average molecular weight is 170 g/mol. The Morgan fingerprint density at radius 2 is 2.50 bits per heavy atom. The maximum atomic E-state index is 3.32. The minimum absolute atomic E-state index is 0.926. The molecule has 1 aromatic rings. The van der Waals surface area contributed by atoms with Crippen molar-refractivity contribution in [2.45, 2.75) is 6.54 Å². The van der Waals surface area contributed by atoms with Crippen molar-refractivity contribution in [3.8, 4) is 0 Å². The van der Waals surface area contributed by atoms with Crippen LogP contribution in [0.15, 0.2) is 11.9 Å². The van der Waals surface area contributed by atoms with Crippen molar-refractivity contribution in [3.63, 3.8) is 0 Å². The van der Waals surface area contributed by atoms with Crippen LogP contribution in [0.2, 0.25) is 0 Å². The fourth-order valence-corrected chi connectivity index (χ4v) is 3.20. The summed E-state index contributed by atoms with van der Waals surface area (Å²) in [6.45, 7) is 1.95. The molecule has 1 aliphatic heterocycles. The summed E-state index contributed by atoms with van der Waals surface area (Å²) in [5.74, 6) is 2.20. The topological polar surface area (TPSA) is 24.1 Å². The van der Waals surface area contributed by atoms with Gasteiger partial charge in [-0.2, -0.15) is 0 Å². The van der Waals surface area contributed by atoms with Gasteiger partial charge in [-0.1, -0.05) is 6.07 Å². The molecule has 0 saturated carbocycles. The molecule has 0 amide bonds. The highest BCUT2D eigenvalue weighted by Gasteiger charge is 2.04. The van der Waals surface area contributed by atoms with Crippen molar-refractivity contribution < 1.29 is 0 Å². The Balaban J connectivity index is 2.41. The van der Waals surface area contributed by atoms with Crippen LogP contribution in [0.25, 0.3) is 0 Å². The Morgan fingerprint density at radius 1 is 1.50 bits per heavy atom. The van der Waals surface area contributed by atoms with E-state index in [1.165, 1.54) is 26.7 Å². The van der Waals surface area contributed by atoms with Crippen molar-refractivity contribution in [2.75, 3.05) is 12.0 Å². The summed E-state index contributed by atoms with van der Waals surface area (Å²) in [5, 5.41) is 6.58. The Bertz CT molecular complexity index is 214. The quantitative estimate of drug-likeness (QED) is 0.624. The predicted octanol–water partition coefficient (Wildman–Crippen LogP) is 2.32. The molecule has 1 aliphatic rings. The molecule has 0 spiro atoms. The highest BCUT2D eigenvalue weighted by Crippen LogP contribution is 2.33. The molecule has 0 bridgehead atoms. The van der Waals surface area contributed by atoms with Crippen molar-refractivity contribution in [1.29, 1.82) is 0 Å². The largest absolute Gasteiger partial charge is 0.368 e. The van der Waals surface area contributed by atoms with Gasteiger partial charge in [0.1, 0.15) is 0 Å². The first-order valence-corrected chi connectivity index (χ1v) is 5.78. The summed E-state index contributed by atoms with van der Waals surface area (Å²) in [5.41, 5.74) is 2.83. The summed E-state index contributed by atoms with van der Waals surface area (Å²) >= 11 is 0. The molecule has 0 fully saturated rings. The van der Waals surface area contributed by atoms with Gasteiger partial charge in [-0.3, -0.25) is 5.32 Å². The minimum Gasteiger partial charge on any atom is -0.368 e. The zero-order valence-electron chi connectivity index (χ0n) is 5.46. The van der Waals surface area contributed by atoms with Gasteiger partial charge < -0.3 is 5.32 Å². The number of hydrogen-bond donors (Lipinski definition) is 2. The summed E-state index contributed by atoms with van der Waals surface area (Å²) < 4.78 is 0. The van der Waals surface area contributed by atoms with E-state index in [2.05, 4.69) is 22.5 Å². The molecule has 0 aliphatic carbocycles. The summed E-state index contributed by atoms with van der Waals surface area (Å²) in [4.78, 5) is 0. The van der Waals surface area contributed by atoms with Gasteiger partial charge in [0.15, 0.2) is 0 Å². The minimum atomic E-state index is 0.926. The fraction of sp³-hybridized carbons (Fsp3) is 0.333. The van der Waals surface area contributed by atoms with Crippen LogP contribution in [0.1, 0.15) is 5.56 Å². The van der Waals surface area contributed by atoms with Gasteiger partial charge in [0, 0.05) is 6.54 Å². The summed E-state index contributed by atoms with van der Waals surface area (Å²) in [6, 6.07) is 2.20. The lowest BCUT2D eigenvalue weighted by Crippen LogP contribution is -2.26. The van der Waals surface area contributed by atoms with Gasteiger partial charge in [0.05, 0.1) is 12.1 Å². The number of fused-ring (bicyclic) bond motifs is 1. The lowest BCUT2D eigenvalue weighted by molar-refractivity contribution is 0.714. The molecule has 0 radical (unpaired) electrons. The third-order valence-electron chi connectivity index (χ3n) is 1.50. The average Bonchev–Trinajstić information content (AvgIpc) is 2.05. The molecule has 0 atom stereocenters. The molecule has 4 heteroatoms. The Kier molecular flexibility index (Phi) is 1.86. The van der Waals surface area contributed by atoms with Gasteiger partial charge in [-0.25, -0.2) is 0 Å². The fourth-order valence-electron chi connectivity index (χ4n) is 0.992. The Hall–Kier alpha value is -0.160. The van der Waals surface area contributed by atoms with E-state index in [-0.39, 0.29) is 0 Å². The Morgan fingerprint density at radius 3 is 3.40 bits per heavy atom. The van der Waals surface area contributed by atoms with Crippen LogP contribution in [0.4, 0.5) is 5.42 Å². The van der Waals surface area contributed by atoms with Crippen molar-refractivity contribution in [2.24, 2.45) is 0 Å². The molecule has 2 rings (SSSR count). The van der Waals surface area contributed by atoms with E-state index in [0.717, 1.165) is 13.2 Å². The van der Waals surface area contributed by atoms with Crippen LogP contribution in [-0.2, 0) is 6.54 Å². The molecule has 2 N–H and O–H groups in total. The SMILES string of the molecule is c1cc2c(pp1)NCNC2. The molecule has 0 aromatic carbocycles. The molecule has 10 heavy (non-hydrogen) atoms. The highest BCUT2D eigenvalue weighted by molar-refractivity contribution is 7.91. The number of anilines is 1. The second-order valence-corrected chi connectivity index (χ2v) is 4.65. The molecule has 2 heterocycles. The van der Waals surface area contributed by atoms with Crippen molar-refractivity contribution in [3.05, 3.63) is 17.4 Å². The Labute approximate surface area is 63.1 Å². The van der Waals surface area contributed by atoms with Crippen molar-refractivity contribution >= 4 is 21.2 Å². The molecule has 2 nitrogen and oxygen atoms in total. The van der Waals surface area contributed by atoms with E-state index >= 15 is 0 Å². The molecule has 0 saturated heterocycles. The monoisotopic (exact) mass is 170 g/mol. The lowest BCUT2D eigenvalue weighted by atomic mass is 10.3. The van der Waals surface area contributed by atoms with E-state index in [0.29, 0.717) is 0 Å². The van der Waals surface area contributed by atoms with Gasteiger partial charge >= 0.3 is 0 Å². The smallest absolute Gasteiger partial charge is 0.0719 e. The standard InChI is InChI=1S/C6H8N2P2/c1-2-9-10-6-5(1)3-7-4-8-6/h1-2,7-8H,3-4H2. The van der Waals surface area contributed by atoms with E-state index in [1.807, 2.05) is 0 Å². The van der Waals surface area contributed by atoms with Gasteiger partial charge in [-0.05, 0) is 27.1 Å². The lowest BCUT2D eigenvalue weighted by Gasteiger charge is -2.17. The van der Waals surface area contributed by atoms with Gasteiger partial charge in [0.25, 0.3) is 0 Å². The highest BCUT2D eigenvalue weighted by atomic mass is 31.8. The van der Waals surface area contributed by atoms with Gasteiger partial charge in [0.2, 0.25) is 0 Å². The summed E-state index contributed by atoms with van der Waals surface area (Å²) in [7, 11) is 2.79. The maximum Gasteiger partial charge on any atom is 0.0719 e. The van der Waals surface area contributed by atoms with Crippen LogP contribution in [0, 0.1) is 0 Å². The van der Waals surface area contributed by atoms with E-state index in [4.69, 9.17) is 0 Å².